The van der Waals surface area contributed by atoms with Crippen molar-refractivity contribution in [2.45, 2.75) is 30.1 Å². The van der Waals surface area contributed by atoms with Gasteiger partial charge in [0, 0.05) is 20.6 Å². The lowest BCUT2D eigenvalue weighted by Crippen LogP contribution is -2.48. The van der Waals surface area contributed by atoms with Gasteiger partial charge >= 0.3 is 3.92 Å². The van der Waals surface area contributed by atoms with Crippen molar-refractivity contribution in [3.63, 3.8) is 0 Å². The second kappa shape index (κ2) is 6.86. The SMILES string of the molecule is CCCCCN(S(=O)(=O)N(C)C)S(=O)(=O)C(F)(Cl)Cl. The summed E-state index contributed by atoms with van der Waals surface area (Å²) in [7, 11) is -7.19. The van der Waals surface area contributed by atoms with Gasteiger partial charge in [-0.1, -0.05) is 23.5 Å². The molecule has 0 aromatic rings. The molecule has 0 aromatic carbocycles. The molecule has 0 spiro atoms. The molecule has 0 aromatic heterocycles. The van der Waals surface area contributed by atoms with E-state index in [4.69, 9.17) is 23.2 Å². The third kappa shape index (κ3) is 4.68. The van der Waals surface area contributed by atoms with Gasteiger partial charge in [0.1, 0.15) is 0 Å². The van der Waals surface area contributed by atoms with Gasteiger partial charge in [0.15, 0.2) is 0 Å². The highest BCUT2D eigenvalue weighted by atomic mass is 35.5. The molecule has 0 radical (unpaired) electrons. The lowest BCUT2D eigenvalue weighted by atomic mass is 10.3. The zero-order chi connectivity index (χ0) is 15.5. The van der Waals surface area contributed by atoms with Crippen molar-refractivity contribution in [3.05, 3.63) is 0 Å². The van der Waals surface area contributed by atoms with Gasteiger partial charge in [-0.2, -0.15) is 17.1 Å². The van der Waals surface area contributed by atoms with Crippen molar-refractivity contribution in [1.29, 1.82) is 0 Å². The summed E-state index contributed by atoms with van der Waals surface area (Å²) in [5, 5.41) is 0. The van der Waals surface area contributed by atoms with E-state index in [1.807, 2.05) is 6.92 Å². The van der Waals surface area contributed by atoms with Crippen LogP contribution in [-0.4, -0.2) is 49.4 Å². The van der Waals surface area contributed by atoms with Gasteiger partial charge in [0.25, 0.3) is 20.2 Å². The number of halogens is 3. The van der Waals surface area contributed by atoms with Crippen molar-refractivity contribution < 1.29 is 21.2 Å². The van der Waals surface area contributed by atoms with E-state index in [1.54, 1.807) is 0 Å². The molecule has 0 aliphatic heterocycles. The highest BCUT2D eigenvalue weighted by molar-refractivity contribution is 8.05. The first-order valence-corrected chi connectivity index (χ1v) is 9.00. The summed E-state index contributed by atoms with van der Waals surface area (Å²) in [6.45, 7) is 1.43. The Bertz CT molecular complexity index is 487. The molecule has 0 N–H and O–H groups in total. The van der Waals surface area contributed by atoms with Crippen LogP contribution in [0.4, 0.5) is 4.39 Å². The molecule has 0 bridgehead atoms. The van der Waals surface area contributed by atoms with Crippen LogP contribution in [0.2, 0.25) is 0 Å². The molecule has 0 aliphatic carbocycles. The van der Waals surface area contributed by atoms with Crippen LogP contribution < -0.4 is 0 Å². The van der Waals surface area contributed by atoms with Crippen LogP contribution >= 0.6 is 23.2 Å². The molecule has 0 heterocycles. The molecule has 0 aliphatic rings. The molecule has 0 unspecified atom stereocenters. The zero-order valence-electron chi connectivity index (χ0n) is 10.8. The van der Waals surface area contributed by atoms with Crippen molar-refractivity contribution in [1.82, 2.24) is 8.02 Å². The average molecular weight is 359 g/mol. The number of hydrogen-bond acceptors (Lipinski definition) is 4. The van der Waals surface area contributed by atoms with Crippen LogP contribution in [0.5, 0.6) is 0 Å². The lowest BCUT2D eigenvalue weighted by molar-refractivity contribution is 0.409. The second-order valence-electron chi connectivity index (χ2n) is 3.94. The molecule has 0 amide bonds. The van der Waals surface area contributed by atoms with E-state index >= 15 is 0 Å². The molecule has 116 valence electrons. The van der Waals surface area contributed by atoms with Crippen LogP contribution in [0, 0.1) is 0 Å². The van der Waals surface area contributed by atoms with E-state index in [9.17, 15) is 21.2 Å². The van der Waals surface area contributed by atoms with Crippen LogP contribution in [0.15, 0.2) is 0 Å². The standard InChI is InChI=1S/C8H17Cl2FN2O4S2/c1-4-5-6-7-13(19(16,17)12(2)3)18(14,15)8(9,10)11/h4-7H2,1-3H3. The summed E-state index contributed by atoms with van der Waals surface area (Å²) in [6, 6.07) is 0. The van der Waals surface area contributed by atoms with Gasteiger partial charge < -0.3 is 0 Å². The second-order valence-corrected chi connectivity index (χ2v) is 9.88. The summed E-state index contributed by atoms with van der Waals surface area (Å²) in [5.74, 6) is 0. The van der Waals surface area contributed by atoms with E-state index in [0.29, 0.717) is 10.7 Å². The first-order chi connectivity index (χ1) is 8.39. The summed E-state index contributed by atoms with van der Waals surface area (Å²) < 4.78 is 57.6. The Balaban J connectivity index is 5.56. The Morgan fingerprint density at radius 3 is 1.89 bits per heavy atom. The molecule has 19 heavy (non-hydrogen) atoms. The quantitative estimate of drug-likeness (QED) is 0.488. The molecule has 0 saturated carbocycles. The predicted molar refractivity (Wildman–Crippen MR) is 73.3 cm³/mol. The third-order valence-corrected chi connectivity index (χ3v) is 7.47. The monoisotopic (exact) mass is 358 g/mol. The predicted octanol–water partition coefficient (Wildman–Crippen LogP) is 1.67. The van der Waals surface area contributed by atoms with Crippen molar-refractivity contribution in [3.8, 4) is 0 Å². The fourth-order valence-electron chi connectivity index (χ4n) is 1.15. The van der Waals surface area contributed by atoms with Gasteiger partial charge in [-0.15, -0.1) is 0 Å². The van der Waals surface area contributed by atoms with E-state index in [0.717, 1.165) is 20.5 Å². The van der Waals surface area contributed by atoms with Crippen LogP contribution in [0.1, 0.15) is 26.2 Å². The van der Waals surface area contributed by atoms with Crippen molar-refractivity contribution in [2.24, 2.45) is 0 Å². The minimum absolute atomic E-state index is 0.00431. The van der Waals surface area contributed by atoms with Crippen LogP contribution in [-0.2, 0) is 20.2 Å². The third-order valence-electron chi connectivity index (χ3n) is 2.22. The summed E-state index contributed by atoms with van der Waals surface area (Å²) >= 11 is 9.86. The Labute approximate surface area is 123 Å². The van der Waals surface area contributed by atoms with Gasteiger partial charge in [-0.05, 0) is 29.6 Å². The normalized spacial score (nSPS) is 14.3. The molecule has 6 nitrogen and oxygen atoms in total. The van der Waals surface area contributed by atoms with Gasteiger partial charge in [-0.25, -0.2) is 8.42 Å². The van der Waals surface area contributed by atoms with Gasteiger partial charge in [0.2, 0.25) is 0 Å². The van der Waals surface area contributed by atoms with Crippen LogP contribution in [0.3, 0.4) is 0 Å². The molecule has 0 atom stereocenters. The number of nitrogens with zero attached hydrogens (tertiary/aromatic N) is 2. The maximum Gasteiger partial charge on any atom is 0.373 e. The number of rotatable bonds is 8. The first kappa shape index (κ1) is 19.3. The summed E-state index contributed by atoms with van der Waals surface area (Å²) in [6.07, 6.45) is 1.56. The first-order valence-electron chi connectivity index (χ1n) is 5.40. The molecule has 0 rings (SSSR count). The number of sulfonamides is 1. The fraction of sp³-hybridized carbons (Fsp3) is 1.00. The van der Waals surface area contributed by atoms with Gasteiger partial charge in [-0.3, -0.25) is 0 Å². The Morgan fingerprint density at radius 2 is 1.58 bits per heavy atom. The zero-order valence-corrected chi connectivity index (χ0v) is 14.0. The highest BCUT2D eigenvalue weighted by Crippen LogP contribution is 2.34. The van der Waals surface area contributed by atoms with E-state index in [1.165, 1.54) is 0 Å². The molecular weight excluding hydrogens is 342 g/mol. The van der Waals surface area contributed by atoms with Crippen LogP contribution in [0.25, 0.3) is 0 Å². The smallest absolute Gasteiger partial charge is 0.205 e. The maximum absolute atomic E-state index is 13.3. The van der Waals surface area contributed by atoms with E-state index < -0.39 is 30.7 Å². The molecular formula is C8H17Cl2FN2O4S2. The average Bonchev–Trinajstić information content (AvgIpc) is 2.21. The highest BCUT2D eigenvalue weighted by Gasteiger charge is 2.50. The van der Waals surface area contributed by atoms with Crippen molar-refractivity contribution >= 4 is 43.4 Å². The minimum Gasteiger partial charge on any atom is -0.205 e. The van der Waals surface area contributed by atoms with Gasteiger partial charge in [0.05, 0.1) is 0 Å². The number of unbranched alkanes of at least 4 members (excludes halogenated alkanes) is 2. The number of hydrogen-bond donors (Lipinski definition) is 0. The topological polar surface area (TPSA) is 74.8 Å². The Morgan fingerprint density at radius 1 is 1.11 bits per heavy atom. The van der Waals surface area contributed by atoms with Crippen molar-refractivity contribution in [2.75, 3.05) is 20.6 Å². The Hall–Kier alpha value is 0.330. The number of alkyl halides is 3. The summed E-state index contributed by atoms with van der Waals surface area (Å²) in [4.78, 5) is 0. The fourth-order valence-corrected chi connectivity index (χ4v) is 4.92. The minimum atomic E-state index is -5.05. The van der Waals surface area contributed by atoms with E-state index in [2.05, 4.69) is 0 Å². The molecule has 11 heteroatoms. The molecule has 0 fully saturated rings. The largest absolute Gasteiger partial charge is 0.373 e. The molecule has 0 saturated heterocycles. The lowest BCUT2D eigenvalue weighted by Gasteiger charge is -2.26. The summed E-state index contributed by atoms with van der Waals surface area (Å²) in [5.41, 5.74) is 0. The van der Waals surface area contributed by atoms with E-state index in [-0.39, 0.29) is 10.1 Å². The Kier molecular flexibility index (Phi) is 6.98. The maximum atomic E-state index is 13.3.